The van der Waals surface area contributed by atoms with E-state index in [1.54, 1.807) is 11.3 Å². The van der Waals surface area contributed by atoms with Crippen molar-refractivity contribution >= 4 is 34.8 Å². The predicted molar refractivity (Wildman–Crippen MR) is 65.0 cm³/mol. The quantitative estimate of drug-likeness (QED) is 0.707. The molecule has 0 bridgehead atoms. The molecule has 0 amide bonds. The molecule has 0 aliphatic carbocycles. The summed E-state index contributed by atoms with van der Waals surface area (Å²) in [6, 6.07) is 1.87. The fourth-order valence-corrected chi connectivity index (χ4v) is 2.52. The van der Waals surface area contributed by atoms with E-state index in [0.717, 1.165) is 9.80 Å². The van der Waals surface area contributed by atoms with Gasteiger partial charge in [0.25, 0.3) is 0 Å². The monoisotopic (exact) mass is 244 g/mol. The minimum atomic E-state index is -0.331. The summed E-state index contributed by atoms with van der Waals surface area (Å²) >= 11 is 7.62. The van der Waals surface area contributed by atoms with Crippen LogP contribution in [-0.4, -0.2) is 18.3 Å². The Morgan fingerprint density at radius 1 is 1.20 bits per heavy atom. The van der Waals surface area contributed by atoms with Crippen molar-refractivity contribution in [1.82, 2.24) is 0 Å². The van der Waals surface area contributed by atoms with E-state index in [0.29, 0.717) is 0 Å². The van der Waals surface area contributed by atoms with Crippen molar-refractivity contribution in [2.75, 3.05) is 0 Å². The van der Waals surface area contributed by atoms with Crippen molar-refractivity contribution in [1.29, 1.82) is 0 Å². The second-order valence-corrected chi connectivity index (χ2v) is 6.08. The van der Waals surface area contributed by atoms with Gasteiger partial charge in [0, 0.05) is 0 Å². The second-order valence-electron chi connectivity index (χ2n) is 4.72. The molecule has 1 aromatic rings. The van der Waals surface area contributed by atoms with E-state index in [1.807, 2.05) is 39.1 Å². The van der Waals surface area contributed by atoms with E-state index in [2.05, 4.69) is 0 Å². The molecule has 0 aromatic carbocycles. The number of thiophene rings is 1. The van der Waals surface area contributed by atoms with Crippen molar-refractivity contribution in [2.24, 2.45) is 0 Å². The molecule has 2 nitrogen and oxygen atoms in total. The standard InChI is InChI=1S/C10H14BClO2S/c1-9(2)10(3,4)14-11(13-9)8-7(12)5-6-15-8/h5-6H,1-4H3. The van der Waals surface area contributed by atoms with Crippen molar-refractivity contribution in [3.8, 4) is 0 Å². The molecule has 0 saturated carbocycles. The average molecular weight is 245 g/mol. The maximum Gasteiger partial charge on any atom is 0.507 e. The van der Waals surface area contributed by atoms with Gasteiger partial charge in [0.05, 0.1) is 21.0 Å². The Hall–Kier alpha value is -0.0251. The minimum absolute atomic E-state index is 0.301. The molecule has 1 aliphatic heterocycles. The molecule has 0 unspecified atom stereocenters. The largest absolute Gasteiger partial charge is 0.507 e. The molecular formula is C10H14BClO2S. The lowest BCUT2D eigenvalue weighted by Gasteiger charge is -2.32. The van der Waals surface area contributed by atoms with Gasteiger partial charge >= 0.3 is 7.12 Å². The van der Waals surface area contributed by atoms with E-state index in [4.69, 9.17) is 20.9 Å². The molecule has 5 heteroatoms. The molecular weight excluding hydrogens is 230 g/mol. The lowest BCUT2D eigenvalue weighted by Crippen LogP contribution is -2.41. The molecule has 1 aromatic heterocycles. The zero-order chi connectivity index (χ0) is 11.3. The van der Waals surface area contributed by atoms with Crippen LogP contribution in [0.25, 0.3) is 0 Å². The van der Waals surface area contributed by atoms with Crippen LogP contribution in [0, 0.1) is 0 Å². The molecule has 0 atom stereocenters. The molecule has 15 heavy (non-hydrogen) atoms. The molecule has 0 spiro atoms. The van der Waals surface area contributed by atoms with E-state index >= 15 is 0 Å². The highest BCUT2D eigenvalue weighted by molar-refractivity contribution is 7.21. The molecule has 1 fully saturated rings. The first-order valence-corrected chi connectivity index (χ1v) is 6.18. The molecule has 1 saturated heterocycles. The minimum Gasteiger partial charge on any atom is -0.399 e. The Kier molecular flexibility index (Phi) is 2.66. The molecule has 2 heterocycles. The summed E-state index contributed by atoms with van der Waals surface area (Å²) in [5.74, 6) is 0. The van der Waals surface area contributed by atoms with Gasteiger partial charge < -0.3 is 9.31 Å². The Morgan fingerprint density at radius 3 is 2.13 bits per heavy atom. The first-order valence-electron chi connectivity index (χ1n) is 4.92. The average Bonchev–Trinajstić information content (AvgIpc) is 2.55. The Bertz CT molecular complexity index is 359. The van der Waals surface area contributed by atoms with Crippen molar-refractivity contribution in [2.45, 2.75) is 38.9 Å². The zero-order valence-electron chi connectivity index (χ0n) is 9.33. The van der Waals surface area contributed by atoms with E-state index in [9.17, 15) is 0 Å². The van der Waals surface area contributed by atoms with Crippen LogP contribution in [0.2, 0.25) is 5.02 Å². The van der Waals surface area contributed by atoms with Crippen molar-refractivity contribution < 1.29 is 9.31 Å². The van der Waals surface area contributed by atoms with Gasteiger partial charge in [-0.05, 0) is 39.1 Å². The maximum atomic E-state index is 6.06. The van der Waals surface area contributed by atoms with Crippen LogP contribution >= 0.6 is 22.9 Å². The topological polar surface area (TPSA) is 18.5 Å². The second kappa shape index (κ2) is 3.49. The van der Waals surface area contributed by atoms with Crippen LogP contribution < -0.4 is 4.78 Å². The number of hydrogen-bond donors (Lipinski definition) is 0. The summed E-state index contributed by atoms with van der Waals surface area (Å²) in [5, 5.41) is 2.67. The third-order valence-electron chi connectivity index (χ3n) is 3.11. The summed E-state index contributed by atoms with van der Waals surface area (Å²) in [6.45, 7) is 8.14. The predicted octanol–water partition coefficient (Wildman–Crippen LogP) is 2.70. The molecule has 1 aliphatic rings. The Morgan fingerprint density at radius 2 is 1.73 bits per heavy atom. The van der Waals surface area contributed by atoms with Gasteiger partial charge in [-0.15, -0.1) is 0 Å². The van der Waals surface area contributed by atoms with E-state index in [1.165, 1.54) is 0 Å². The van der Waals surface area contributed by atoms with Gasteiger partial charge in [0.1, 0.15) is 0 Å². The fraction of sp³-hybridized carbons (Fsp3) is 0.600. The highest BCUT2D eigenvalue weighted by Crippen LogP contribution is 2.37. The third-order valence-corrected chi connectivity index (χ3v) is 4.49. The van der Waals surface area contributed by atoms with Crippen LogP contribution in [0.4, 0.5) is 0 Å². The molecule has 0 radical (unpaired) electrons. The number of rotatable bonds is 1. The van der Waals surface area contributed by atoms with E-state index < -0.39 is 0 Å². The maximum absolute atomic E-state index is 6.06. The van der Waals surface area contributed by atoms with Crippen molar-refractivity contribution in [3.63, 3.8) is 0 Å². The lowest BCUT2D eigenvalue weighted by atomic mass is 9.88. The van der Waals surface area contributed by atoms with Gasteiger partial charge in [-0.25, -0.2) is 0 Å². The van der Waals surface area contributed by atoms with Gasteiger partial charge in [0.2, 0.25) is 0 Å². The lowest BCUT2D eigenvalue weighted by molar-refractivity contribution is 0.00578. The summed E-state index contributed by atoms with van der Waals surface area (Å²) in [5.41, 5.74) is -0.601. The SMILES string of the molecule is CC1(C)OB(c2sccc2Cl)OC1(C)C. The van der Waals surface area contributed by atoms with Gasteiger partial charge in [-0.3, -0.25) is 0 Å². The molecule has 0 N–H and O–H groups in total. The van der Waals surface area contributed by atoms with Gasteiger partial charge in [-0.2, -0.15) is 11.3 Å². The summed E-state index contributed by atoms with van der Waals surface area (Å²) in [7, 11) is -0.331. The van der Waals surface area contributed by atoms with Crippen LogP contribution in [0.1, 0.15) is 27.7 Å². The summed E-state index contributed by atoms with van der Waals surface area (Å²) in [6.07, 6.45) is 0. The first-order chi connectivity index (χ1) is 6.83. The van der Waals surface area contributed by atoms with Crippen molar-refractivity contribution in [3.05, 3.63) is 16.5 Å². The van der Waals surface area contributed by atoms with Gasteiger partial charge in [0.15, 0.2) is 0 Å². The highest BCUT2D eigenvalue weighted by Gasteiger charge is 2.52. The number of halogens is 1. The third kappa shape index (κ3) is 1.84. The van der Waals surface area contributed by atoms with Crippen LogP contribution in [-0.2, 0) is 9.31 Å². The zero-order valence-corrected chi connectivity index (χ0v) is 10.9. The first kappa shape index (κ1) is 11.5. The molecule has 82 valence electrons. The fourth-order valence-electron chi connectivity index (χ4n) is 1.42. The normalized spacial score (nSPS) is 23.4. The summed E-state index contributed by atoms with van der Waals surface area (Å²) < 4.78 is 12.7. The van der Waals surface area contributed by atoms with Crippen LogP contribution in [0.5, 0.6) is 0 Å². The van der Waals surface area contributed by atoms with Crippen LogP contribution in [0.3, 0.4) is 0 Å². The van der Waals surface area contributed by atoms with Gasteiger partial charge in [-0.1, -0.05) is 11.6 Å². The Balaban J connectivity index is 2.27. The number of hydrogen-bond acceptors (Lipinski definition) is 3. The summed E-state index contributed by atoms with van der Waals surface area (Å²) in [4.78, 5) is 0. The van der Waals surface area contributed by atoms with Crippen LogP contribution in [0.15, 0.2) is 11.4 Å². The highest BCUT2D eigenvalue weighted by atomic mass is 35.5. The Labute approximate surface area is 99.7 Å². The smallest absolute Gasteiger partial charge is 0.399 e. The van der Waals surface area contributed by atoms with E-state index in [-0.39, 0.29) is 18.3 Å². The molecule has 2 rings (SSSR count).